The molecule has 3 rings (SSSR count). The zero-order valence-corrected chi connectivity index (χ0v) is 16.3. The SMILES string of the molecule is COc1cc(C#N)ccc1OCC(=O)N1CCN(Cc2csc(C)n2)CC1. The molecule has 0 N–H and O–H groups in total. The predicted octanol–water partition coefficient (Wildman–Crippen LogP) is 2.05. The fraction of sp³-hybridized carbons (Fsp3) is 0.421. The standard InChI is InChI=1S/C19H22N4O3S/c1-14-21-16(13-27-14)11-22-5-7-23(8-6-22)19(24)12-26-17-4-3-15(10-20)9-18(17)25-2/h3-4,9,13H,5-8,11-12H2,1-2H3. The van der Waals surface area contributed by atoms with Gasteiger partial charge in [-0.15, -0.1) is 11.3 Å². The van der Waals surface area contributed by atoms with E-state index in [0.29, 0.717) is 30.2 Å². The second-order valence-electron chi connectivity index (χ2n) is 6.28. The van der Waals surface area contributed by atoms with Gasteiger partial charge in [0, 0.05) is 44.2 Å². The van der Waals surface area contributed by atoms with Crippen LogP contribution in [0.4, 0.5) is 0 Å². The van der Waals surface area contributed by atoms with Crippen molar-refractivity contribution in [3.05, 3.63) is 39.8 Å². The summed E-state index contributed by atoms with van der Waals surface area (Å²) in [5.41, 5.74) is 1.57. The number of carbonyl (C=O) groups excluding carboxylic acids is 1. The van der Waals surface area contributed by atoms with Crippen LogP contribution in [0, 0.1) is 18.3 Å². The maximum absolute atomic E-state index is 12.4. The van der Waals surface area contributed by atoms with Crippen LogP contribution >= 0.6 is 11.3 Å². The van der Waals surface area contributed by atoms with Gasteiger partial charge in [-0.25, -0.2) is 4.98 Å². The number of rotatable bonds is 6. The summed E-state index contributed by atoms with van der Waals surface area (Å²) < 4.78 is 10.8. The molecule has 2 aromatic rings. The van der Waals surface area contributed by atoms with Crippen LogP contribution in [0.1, 0.15) is 16.3 Å². The number of hydrogen-bond acceptors (Lipinski definition) is 7. The number of piperazine rings is 1. The van der Waals surface area contributed by atoms with Crippen molar-refractivity contribution in [3.8, 4) is 17.6 Å². The van der Waals surface area contributed by atoms with Gasteiger partial charge in [-0.05, 0) is 19.1 Å². The minimum absolute atomic E-state index is 0.0481. The van der Waals surface area contributed by atoms with E-state index in [9.17, 15) is 4.79 Å². The lowest BCUT2D eigenvalue weighted by atomic mass is 10.2. The average molecular weight is 386 g/mol. The van der Waals surface area contributed by atoms with Gasteiger partial charge in [0.1, 0.15) is 0 Å². The molecule has 0 radical (unpaired) electrons. The third-order valence-electron chi connectivity index (χ3n) is 4.42. The van der Waals surface area contributed by atoms with Crippen molar-refractivity contribution >= 4 is 17.2 Å². The fourth-order valence-corrected chi connectivity index (χ4v) is 3.56. The van der Waals surface area contributed by atoms with Gasteiger partial charge in [-0.2, -0.15) is 5.26 Å². The molecule has 1 saturated heterocycles. The smallest absolute Gasteiger partial charge is 0.260 e. The molecule has 1 aliphatic heterocycles. The van der Waals surface area contributed by atoms with Crippen molar-refractivity contribution in [2.45, 2.75) is 13.5 Å². The summed E-state index contributed by atoms with van der Waals surface area (Å²) >= 11 is 1.66. The van der Waals surface area contributed by atoms with Crippen LogP contribution in [0.15, 0.2) is 23.6 Å². The van der Waals surface area contributed by atoms with Gasteiger partial charge in [0.25, 0.3) is 5.91 Å². The lowest BCUT2D eigenvalue weighted by molar-refractivity contribution is -0.135. The Morgan fingerprint density at radius 1 is 1.30 bits per heavy atom. The Hall–Kier alpha value is -2.63. The summed E-state index contributed by atoms with van der Waals surface area (Å²) in [4.78, 5) is 21.1. The Balaban J connectivity index is 1.48. The number of amides is 1. The highest BCUT2D eigenvalue weighted by atomic mass is 32.1. The van der Waals surface area contributed by atoms with Gasteiger partial charge >= 0.3 is 0 Å². The first-order valence-electron chi connectivity index (χ1n) is 8.71. The molecule has 27 heavy (non-hydrogen) atoms. The molecule has 1 amide bonds. The van der Waals surface area contributed by atoms with Crippen molar-refractivity contribution in [2.75, 3.05) is 39.9 Å². The summed E-state index contributed by atoms with van der Waals surface area (Å²) in [6, 6.07) is 6.94. The van der Waals surface area contributed by atoms with Crippen molar-refractivity contribution < 1.29 is 14.3 Å². The van der Waals surface area contributed by atoms with Crippen LogP contribution in [-0.2, 0) is 11.3 Å². The number of nitrogens with zero attached hydrogens (tertiary/aromatic N) is 4. The van der Waals surface area contributed by atoms with Gasteiger partial charge in [0.15, 0.2) is 18.1 Å². The summed E-state index contributed by atoms with van der Waals surface area (Å²) in [6.07, 6.45) is 0. The summed E-state index contributed by atoms with van der Waals surface area (Å²) in [7, 11) is 1.51. The Labute approximate surface area is 162 Å². The van der Waals surface area contributed by atoms with Crippen molar-refractivity contribution in [3.63, 3.8) is 0 Å². The second-order valence-corrected chi connectivity index (χ2v) is 7.34. The van der Waals surface area contributed by atoms with E-state index in [1.165, 1.54) is 7.11 Å². The van der Waals surface area contributed by atoms with Gasteiger partial charge in [0.2, 0.25) is 0 Å². The Bertz CT molecular complexity index is 838. The third kappa shape index (κ3) is 4.96. The van der Waals surface area contributed by atoms with E-state index in [4.69, 9.17) is 14.7 Å². The van der Waals surface area contributed by atoms with E-state index >= 15 is 0 Å². The molecule has 1 aromatic carbocycles. The Morgan fingerprint density at radius 2 is 2.07 bits per heavy atom. The maximum atomic E-state index is 12.4. The van der Waals surface area contributed by atoms with Gasteiger partial charge in [-0.3, -0.25) is 9.69 Å². The van der Waals surface area contributed by atoms with E-state index in [1.54, 1.807) is 29.5 Å². The molecule has 0 saturated carbocycles. The first-order valence-corrected chi connectivity index (χ1v) is 9.59. The topological polar surface area (TPSA) is 78.7 Å². The number of ether oxygens (including phenoxy) is 2. The molecule has 7 nitrogen and oxygen atoms in total. The van der Waals surface area contributed by atoms with Crippen LogP contribution in [0.5, 0.6) is 11.5 Å². The highest BCUT2D eigenvalue weighted by Crippen LogP contribution is 2.27. The zero-order valence-electron chi connectivity index (χ0n) is 15.5. The first-order chi connectivity index (χ1) is 13.1. The van der Waals surface area contributed by atoms with Gasteiger partial charge < -0.3 is 14.4 Å². The number of carbonyl (C=O) groups is 1. The highest BCUT2D eigenvalue weighted by molar-refractivity contribution is 7.09. The molecule has 1 fully saturated rings. The molecule has 142 valence electrons. The third-order valence-corrected chi connectivity index (χ3v) is 5.24. The summed E-state index contributed by atoms with van der Waals surface area (Å²) in [5.74, 6) is 0.859. The van der Waals surface area contributed by atoms with E-state index < -0.39 is 0 Å². The lowest BCUT2D eigenvalue weighted by Crippen LogP contribution is -2.49. The molecule has 1 aromatic heterocycles. The van der Waals surface area contributed by atoms with Gasteiger partial charge in [-0.1, -0.05) is 0 Å². The fourth-order valence-electron chi connectivity index (χ4n) is 2.95. The number of thiazole rings is 1. The molecule has 0 bridgehead atoms. The van der Waals surface area contributed by atoms with E-state index in [-0.39, 0.29) is 12.5 Å². The van der Waals surface area contributed by atoms with Crippen molar-refractivity contribution in [2.24, 2.45) is 0 Å². The van der Waals surface area contributed by atoms with Crippen LogP contribution < -0.4 is 9.47 Å². The molecule has 2 heterocycles. The molecular formula is C19H22N4O3S. The number of benzene rings is 1. The van der Waals surface area contributed by atoms with Gasteiger partial charge in [0.05, 0.1) is 29.4 Å². The van der Waals surface area contributed by atoms with Crippen molar-refractivity contribution in [1.29, 1.82) is 5.26 Å². The van der Waals surface area contributed by atoms with Crippen LogP contribution in [0.3, 0.4) is 0 Å². The minimum atomic E-state index is -0.0504. The minimum Gasteiger partial charge on any atom is -0.493 e. The number of aromatic nitrogens is 1. The van der Waals surface area contributed by atoms with Crippen LogP contribution in [-0.4, -0.2) is 60.6 Å². The number of nitriles is 1. The lowest BCUT2D eigenvalue weighted by Gasteiger charge is -2.34. The average Bonchev–Trinajstić information content (AvgIpc) is 3.11. The van der Waals surface area contributed by atoms with E-state index in [1.807, 2.05) is 17.9 Å². The van der Waals surface area contributed by atoms with E-state index in [0.717, 1.165) is 30.3 Å². The first kappa shape index (κ1) is 19.1. The van der Waals surface area contributed by atoms with Crippen LogP contribution in [0.2, 0.25) is 0 Å². The molecule has 8 heteroatoms. The maximum Gasteiger partial charge on any atom is 0.260 e. The zero-order chi connectivity index (χ0) is 19.2. The van der Waals surface area contributed by atoms with Crippen LogP contribution in [0.25, 0.3) is 0 Å². The second kappa shape index (κ2) is 8.84. The largest absolute Gasteiger partial charge is 0.493 e. The summed E-state index contributed by atoms with van der Waals surface area (Å²) in [6.45, 7) is 5.78. The summed E-state index contributed by atoms with van der Waals surface area (Å²) in [5, 5.41) is 12.1. The Morgan fingerprint density at radius 3 is 2.70 bits per heavy atom. The quantitative estimate of drug-likeness (QED) is 0.756. The number of aryl methyl sites for hydroxylation is 1. The molecule has 0 atom stereocenters. The monoisotopic (exact) mass is 386 g/mol. The molecule has 0 unspecified atom stereocenters. The number of methoxy groups -OCH3 is 1. The van der Waals surface area contributed by atoms with Crippen molar-refractivity contribution in [1.82, 2.24) is 14.8 Å². The van der Waals surface area contributed by atoms with E-state index in [2.05, 4.69) is 15.3 Å². The molecular weight excluding hydrogens is 364 g/mol. The molecule has 0 spiro atoms. The number of hydrogen-bond donors (Lipinski definition) is 0. The normalized spacial score (nSPS) is 14.6. The highest BCUT2D eigenvalue weighted by Gasteiger charge is 2.22. The Kier molecular flexibility index (Phi) is 6.27. The predicted molar refractivity (Wildman–Crippen MR) is 102 cm³/mol. The molecule has 0 aliphatic carbocycles. The molecule has 1 aliphatic rings.